The Labute approximate surface area is 176 Å². The summed E-state index contributed by atoms with van der Waals surface area (Å²) in [5.74, 6) is -0.0294. The highest BCUT2D eigenvalue weighted by atomic mass is 35.5. The maximum Gasteiger partial charge on any atom is 0.491 e. The van der Waals surface area contributed by atoms with E-state index in [-0.39, 0.29) is 24.6 Å². The number of piperazine rings is 1. The molecule has 0 spiro atoms. The van der Waals surface area contributed by atoms with Crippen molar-refractivity contribution in [2.24, 2.45) is 0 Å². The Morgan fingerprint density at radius 1 is 1.18 bits per heavy atom. The van der Waals surface area contributed by atoms with Crippen LogP contribution in [0.3, 0.4) is 0 Å². The lowest BCUT2D eigenvalue weighted by Gasteiger charge is -2.34. The lowest BCUT2D eigenvalue weighted by molar-refractivity contribution is 0.0993. The molecular weight excluding hydrogens is 398 g/mol. The molecular formula is C20H23BCl2N2O3. The molecule has 0 radical (unpaired) electrons. The van der Waals surface area contributed by atoms with Crippen LogP contribution in [-0.2, 0) is 17.7 Å². The van der Waals surface area contributed by atoms with Crippen LogP contribution in [-0.4, -0.2) is 56.1 Å². The third-order valence-corrected chi connectivity index (χ3v) is 5.67. The average molecular weight is 421 g/mol. The molecule has 0 saturated carbocycles. The molecule has 8 heteroatoms. The summed E-state index contributed by atoms with van der Waals surface area (Å²) in [6.07, 6.45) is 0.244. The summed E-state index contributed by atoms with van der Waals surface area (Å²) in [5, 5.41) is 10.3. The molecule has 2 aliphatic rings. The smallest absolute Gasteiger partial charge is 0.423 e. The molecule has 1 fully saturated rings. The van der Waals surface area contributed by atoms with Crippen LogP contribution in [0, 0.1) is 0 Å². The number of Topliss-reactive ketones (excluding diaryl/α,β-unsaturated/α-hetero) is 1. The van der Waals surface area contributed by atoms with E-state index in [9.17, 15) is 9.82 Å². The van der Waals surface area contributed by atoms with Crippen molar-refractivity contribution in [3.63, 3.8) is 0 Å². The average Bonchev–Trinajstić information content (AvgIpc) is 3.03. The standard InChI is InChI=1S/C20H22BClN2O3.ClH/c1-23-6-8-24(9-7-23)16-4-5-17(19(22)12-16)20(25)11-14-2-3-15-13-27-21(26)18(15)10-14;/h2-5,10,12,26H,6-9,11,13H2,1H3;1H. The first-order valence-corrected chi connectivity index (χ1v) is 9.56. The van der Waals surface area contributed by atoms with Crippen molar-refractivity contribution >= 4 is 48.1 Å². The van der Waals surface area contributed by atoms with Crippen molar-refractivity contribution in [1.29, 1.82) is 0 Å². The van der Waals surface area contributed by atoms with Crippen molar-refractivity contribution < 1.29 is 14.5 Å². The van der Waals surface area contributed by atoms with Crippen LogP contribution in [0.5, 0.6) is 0 Å². The Bertz CT molecular complexity index is 873. The minimum absolute atomic E-state index is 0. The number of nitrogens with zero attached hydrogens (tertiary/aromatic N) is 2. The molecule has 2 aromatic rings. The summed E-state index contributed by atoms with van der Waals surface area (Å²) in [7, 11) is 1.22. The number of anilines is 1. The summed E-state index contributed by atoms with van der Waals surface area (Å²) in [4.78, 5) is 17.3. The minimum Gasteiger partial charge on any atom is -0.423 e. The summed E-state index contributed by atoms with van der Waals surface area (Å²) in [6, 6.07) is 11.4. The first kappa shape index (κ1) is 21.2. The molecule has 0 atom stereocenters. The fraction of sp³-hybridized carbons (Fsp3) is 0.350. The maximum atomic E-state index is 12.7. The monoisotopic (exact) mass is 420 g/mol. The molecule has 0 aromatic heterocycles. The van der Waals surface area contributed by atoms with Gasteiger partial charge in [0.2, 0.25) is 0 Å². The molecule has 28 heavy (non-hydrogen) atoms. The molecule has 2 aromatic carbocycles. The van der Waals surface area contributed by atoms with Gasteiger partial charge in [-0.2, -0.15) is 0 Å². The van der Waals surface area contributed by atoms with Gasteiger partial charge in [0.1, 0.15) is 0 Å². The zero-order valence-corrected chi connectivity index (χ0v) is 17.3. The topological polar surface area (TPSA) is 53.0 Å². The van der Waals surface area contributed by atoms with Gasteiger partial charge in [-0.05, 0) is 41.8 Å². The van der Waals surface area contributed by atoms with Crippen LogP contribution in [0.4, 0.5) is 5.69 Å². The number of ketones is 1. The van der Waals surface area contributed by atoms with Gasteiger partial charge < -0.3 is 19.5 Å². The number of carbonyl (C=O) groups excluding carboxylic acids is 1. The van der Waals surface area contributed by atoms with Crippen molar-refractivity contribution in [2.45, 2.75) is 13.0 Å². The van der Waals surface area contributed by atoms with Gasteiger partial charge in [-0.3, -0.25) is 4.79 Å². The SMILES string of the molecule is CN1CCN(c2ccc(C(=O)Cc3ccc4c(c3)B(O)OC4)c(Cl)c2)CC1.Cl. The Balaban J connectivity index is 0.00000225. The molecule has 148 valence electrons. The largest absolute Gasteiger partial charge is 0.491 e. The highest BCUT2D eigenvalue weighted by Gasteiger charge is 2.27. The first-order valence-electron chi connectivity index (χ1n) is 9.19. The van der Waals surface area contributed by atoms with Crippen molar-refractivity contribution in [2.75, 3.05) is 38.1 Å². The lowest BCUT2D eigenvalue weighted by atomic mass is 9.78. The van der Waals surface area contributed by atoms with E-state index in [1.54, 1.807) is 0 Å². The maximum absolute atomic E-state index is 12.7. The van der Waals surface area contributed by atoms with E-state index in [0.717, 1.165) is 48.5 Å². The minimum atomic E-state index is -0.901. The Morgan fingerprint density at radius 2 is 1.93 bits per heavy atom. The summed E-state index contributed by atoms with van der Waals surface area (Å²) >= 11 is 6.44. The predicted molar refractivity (Wildman–Crippen MR) is 115 cm³/mol. The molecule has 0 bridgehead atoms. The van der Waals surface area contributed by atoms with Crippen molar-refractivity contribution in [3.8, 4) is 0 Å². The van der Waals surface area contributed by atoms with E-state index in [2.05, 4.69) is 16.8 Å². The predicted octanol–water partition coefficient (Wildman–Crippen LogP) is 2.16. The number of halogens is 2. The molecule has 1 saturated heterocycles. The number of rotatable bonds is 4. The van der Waals surface area contributed by atoms with E-state index < -0.39 is 7.12 Å². The van der Waals surface area contributed by atoms with Gasteiger partial charge in [-0.15, -0.1) is 12.4 Å². The highest BCUT2D eigenvalue weighted by Crippen LogP contribution is 2.26. The zero-order chi connectivity index (χ0) is 19.0. The van der Waals surface area contributed by atoms with Crippen LogP contribution in [0.2, 0.25) is 5.02 Å². The van der Waals surface area contributed by atoms with E-state index in [0.29, 0.717) is 17.2 Å². The van der Waals surface area contributed by atoms with E-state index in [1.165, 1.54) is 0 Å². The summed E-state index contributed by atoms with van der Waals surface area (Å²) < 4.78 is 5.21. The third-order valence-electron chi connectivity index (χ3n) is 5.36. The third kappa shape index (κ3) is 4.37. The van der Waals surface area contributed by atoms with E-state index in [4.69, 9.17) is 16.3 Å². The van der Waals surface area contributed by atoms with E-state index >= 15 is 0 Å². The molecule has 4 rings (SSSR count). The van der Waals surface area contributed by atoms with Crippen LogP contribution < -0.4 is 10.4 Å². The molecule has 1 N–H and O–H groups in total. The highest BCUT2D eigenvalue weighted by molar-refractivity contribution is 6.61. The normalized spacial score (nSPS) is 16.7. The fourth-order valence-corrected chi connectivity index (χ4v) is 3.93. The number of benzene rings is 2. The first-order chi connectivity index (χ1) is 13.0. The number of hydrogen-bond donors (Lipinski definition) is 1. The second kappa shape index (κ2) is 8.85. The fourth-order valence-electron chi connectivity index (χ4n) is 3.65. The van der Waals surface area contributed by atoms with Crippen molar-refractivity contribution in [1.82, 2.24) is 4.90 Å². The molecule has 2 heterocycles. The van der Waals surface area contributed by atoms with Crippen molar-refractivity contribution in [3.05, 3.63) is 58.1 Å². The Morgan fingerprint density at radius 3 is 2.64 bits per heavy atom. The van der Waals surface area contributed by atoms with Gasteiger partial charge in [0.05, 0.1) is 11.6 Å². The molecule has 2 aliphatic heterocycles. The second-order valence-corrected chi connectivity index (χ2v) is 7.66. The van der Waals surface area contributed by atoms with Gasteiger partial charge >= 0.3 is 7.12 Å². The van der Waals surface area contributed by atoms with Crippen LogP contribution in [0.25, 0.3) is 0 Å². The van der Waals surface area contributed by atoms with Gasteiger partial charge in [-0.1, -0.05) is 29.8 Å². The number of carbonyl (C=O) groups is 1. The number of likely N-dealkylation sites (N-methyl/N-ethyl adjacent to an activating group) is 1. The van der Waals surface area contributed by atoms with Crippen LogP contribution in [0.15, 0.2) is 36.4 Å². The zero-order valence-electron chi connectivity index (χ0n) is 15.7. The Kier molecular flexibility index (Phi) is 6.68. The van der Waals surface area contributed by atoms with E-state index in [1.807, 2.05) is 36.4 Å². The molecule has 5 nitrogen and oxygen atoms in total. The second-order valence-electron chi connectivity index (χ2n) is 7.25. The van der Waals surface area contributed by atoms with Crippen LogP contribution in [0.1, 0.15) is 21.5 Å². The van der Waals surface area contributed by atoms with Gasteiger partial charge in [0, 0.05) is 43.9 Å². The number of fused-ring (bicyclic) bond motifs is 1. The number of hydrogen-bond acceptors (Lipinski definition) is 5. The molecule has 0 amide bonds. The summed E-state index contributed by atoms with van der Waals surface area (Å²) in [5.41, 5.74) is 4.15. The molecule has 0 aliphatic carbocycles. The van der Waals surface area contributed by atoms with Gasteiger partial charge in [0.15, 0.2) is 5.78 Å². The Hall–Kier alpha value is -1.57. The molecule has 0 unspecified atom stereocenters. The van der Waals surface area contributed by atoms with Gasteiger partial charge in [-0.25, -0.2) is 0 Å². The van der Waals surface area contributed by atoms with Gasteiger partial charge in [0.25, 0.3) is 0 Å². The summed E-state index contributed by atoms with van der Waals surface area (Å²) in [6.45, 7) is 4.36. The van der Waals surface area contributed by atoms with Crippen LogP contribution >= 0.6 is 24.0 Å². The lowest BCUT2D eigenvalue weighted by Crippen LogP contribution is -2.44. The quantitative estimate of drug-likeness (QED) is 0.606.